The van der Waals surface area contributed by atoms with Crippen molar-refractivity contribution in [2.75, 3.05) is 12.3 Å². The monoisotopic (exact) mass is 384 g/mol. The third-order valence-corrected chi connectivity index (χ3v) is 6.35. The van der Waals surface area contributed by atoms with E-state index in [1.807, 2.05) is 17.5 Å². The highest BCUT2D eigenvalue weighted by molar-refractivity contribution is 7.99. The van der Waals surface area contributed by atoms with Crippen molar-refractivity contribution in [3.05, 3.63) is 64.1 Å². The Balaban J connectivity index is 1.24. The van der Waals surface area contributed by atoms with Crippen LogP contribution in [0, 0.1) is 0 Å². The zero-order chi connectivity index (χ0) is 17.8. The van der Waals surface area contributed by atoms with E-state index in [0.29, 0.717) is 17.5 Å². The molecule has 0 unspecified atom stereocenters. The number of benzene rings is 1. The van der Waals surface area contributed by atoms with E-state index in [0.717, 1.165) is 25.1 Å². The van der Waals surface area contributed by atoms with Crippen LogP contribution in [0.5, 0.6) is 0 Å². The van der Waals surface area contributed by atoms with Crippen molar-refractivity contribution in [3.63, 3.8) is 0 Å². The highest BCUT2D eigenvalue weighted by Crippen LogP contribution is 2.47. The maximum atomic E-state index is 12.2. The summed E-state index contributed by atoms with van der Waals surface area (Å²) >= 11 is 3.07. The van der Waals surface area contributed by atoms with Gasteiger partial charge in [-0.2, -0.15) is 0 Å². The molecule has 5 nitrogen and oxygen atoms in total. The zero-order valence-electron chi connectivity index (χ0n) is 14.3. The summed E-state index contributed by atoms with van der Waals surface area (Å²) in [6.07, 6.45) is 3.02. The van der Waals surface area contributed by atoms with E-state index in [1.54, 1.807) is 11.3 Å². The number of hydrogen-bond acceptors (Lipinski definition) is 5. The molecule has 1 amide bonds. The first kappa shape index (κ1) is 17.3. The SMILES string of the molecule is O=C(CSc1n[nH]c(Cc2cccs2)n1)NCC1(c2ccccc2)CC1. The molecule has 0 spiro atoms. The van der Waals surface area contributed by atoms with E-state index in [1.165, 1.54) is 22.2 Å². The summed E-state index contributed by atoms with van der Waals surface area (Å²) in [4.78, 5) is 17.9. The van der Waals surface area contributed by atoms with Crippen LogP contribution < -0.4 is 5.32 Å². The summed E-state index contributed by atoms with van der Waals surface area (Å²) in [5, 5.41) is 12.9. The van der Waals surface area contributed by atoms with Crippen LogP contribution in [0.4, 0.5) is 0 Å². The van der Waals surface area contributed by atoms with Crippen molar-refractivity contribution >= 4 is 29.0 Å². The average Bonchev–Trinajstić information content (AvgIpc) is 3.05. The molecule has 4 rings (SSSR count). The van der Waals surface area contributed by atoms with Crippen LogP contribution in [-0.4, -0.2) is 33.4 Å². The molecule has 7 heteroatoms. The predicted molar refractivity (Wildman–Crippen MR) is 105 cm³/mol. The highest BCUT2D eigenvalue weighted by atomic mass is 32.2. The van der Waals surface area contributed by atoms with Crippen molar-refractivity contribution in [2.45, 2.75) is 29.8 Å². The van der Waals surface area contributed by atoms with Crippen molar-refractivity contribution in [2.24, 2.45) is 0 Å². The number of nitrogens with zero attached hydrogens (tertiary/aromatic N) is 2. The Morgan fingerprint density at radius 2 is 2.08 bits per heavy atom. The van der Waals surface area contributed by atoms with Gasteiger partial charge in [0.1, 0.15) is 5.82 Å². The third kappa shape index (κ3) is 4.16. The number of carbonyl (C=O) groups is 1. The van der Waals surface area contributed by atoms with Gasteiger partial charge in [-0.25, -0.2) is 4.98 Å². The van der Waals surface area contributed by atoms with E-state index >= 15 is 0 Å². The Morgan fingerprint density at radius 3 is 2.81 bits per heavy atom. The molecule has 2 N–H and O–H groups in total. The van der Waals surface area contributed by atoms with Crippen molar-refractivity contribution in [3.8, 4) is 0 Å². The number of amides is 1. The zero-order valence-corrected chi connectivity index (χ0v) is 15.9. The van der Waals surface area contributed by atoms with Crippen LogP contribution >= 0.6 is 23.1 Å². The van der Waals surface area contributed by atoms with Crippen molar-refractivity contribution < 1.29 is 4.79 Å². The Labute approximate surface area is 160 Å². The standard InChI is InChI=1S/C19H20N4OS2/c24-17(20-13-19(8-9-19)14-5-2-1-3-6-14)12-26-18-21-16(22-23-18)11-15-7-4-10-25-15/h1-7,10H,8-9,11-13H2,(H,20,24)(H,21,22,23). The van der Waals surface area contributed by atoms with Gasteiger partial charge in [-0.3, -0.25) is 9.89 Å². The number of nitrogens with one attached hydrogen (secondary N) is 2. The molecule has 0 aliphatic heterocycles. The Morgan fingerprint density at radius 1 is 1.23 bits per heavy atom. The fourth-order valence-corrected chi connectivity index (χ4v) is 4.31. The fraction of sp³-hybridized carbons (Fsp3) is 0.316. The first-order chi connectivity index (χ1) is 12.7. The molecule has 0 atom stereocenters. The first-order valence-corrected chi connectivity index (χ1v) is 10.5. The molecule has 1 aliphatic rings. The minimum Gasteiger partial charge on any atom is -0.354 e. The molecule has 1 saturated carbocycles. The second-order valence-corrected chi connectivity index (χ2v) is 8.51. The largest absolute Gasteiger partial charge is 0.354 e. The van der Waals surface area contributed by atoms with Crippen LogP contribution in [0.15, 0.2) is 53.0 Å². The number of H-pyrrole nitrogens is 1. The predicted octanol–water partition coefficient (Wildman–Crippen LogP) is 3.40. The van der Waals surface area contributed by atoms with Crippen LogP contribution in [0.3, 0.4) is 0 Å². The van der Waals surface area contributed by atoms with E-state index in [-0.39, 0.29) is 11.3 Å². The second-order valence-electron chi connectivity index (χ2n) is 6.53. The average molecular weight is 385 g/mol. The van der Waals surface area contributed by atoms with Crippen LogP contribution in [0.25, 0.3) is 0 Å². The van der Waals surface area contributed by atoms with E-state index < -0.39 is 0 Å². The molecule has 134 valence electrons. The van der Waals surface area contributed by atoms with Crippen molar-refractivity contribution in [1.29, 1.82) is 0 Å². The van der Waals surface area contributed by atoms with Gasteiger partial charge in [-0.15, -0.1) is 16.4 Å². The van der Waals surface area contributed by atoms with Gasteiger partial charge in [0.05, 0.1) is 5.75 Å². The van der Waals surface area contributed by atoms with E-state index in [2.05, 4.69) is 50.8 Å². The van der Waals surface area contributed by atoms with Gasteiger partial charge in [0.25, 0.3) is 0 Å². The summed E-state index contributed by atoms with van der Waals surface area (Å²) in [6.45, 7) is 0.702. The molecule has 0 bridgehead atoms. The van der Waals surface area contributed by atoms with Gasteiger partial charge < -0.3 is 5.32 Å². The smallest absolute Gasteiger partial charge is 0.230 e. The number of aromatic nitrogens is 3. The maximum Gasteiger partial charge on any atom is 0.230 e. The summed E-state index contributed by atoms with van der Waals surface area (Å²) < 4.78 is 0. The number of carbonyl (C=O) groups excluding carboxylic acids is 1. The quantitative estimate of drug-likeness (QED) is 0.584. The summed E-state index contributed by atoms with van der Waals surface area (Å²) in [5.74, 6) is 1.19. The molecule has 1 fully saturated rings. The van der Waals surface area contributed by atoms with Crippen LogP contribution in [-0.2, 0) is 16.6 Å². The lowest BCUT2D eigenvalue weighted by molar-refractivity contribution is -0.118. The molecule has 1 aliphatic carbocycles. The fourth-order valence-electron chi connectivity index (χ4n) is 2.96. The molecule has 3 aromatic rings. The Kier molecular flexibility index (Phi) is 5.08. The highest BCUT2D eigenvalue weighted by Gasteiger charge is 2.44. The lowest BCUT2D eigenvalue weighted by atomic mass is 9.96. The number of thioether (sulfide) groups is 1. The molecular formula is C19H20N4OS2. The number of aromatic amines is 1. The van der Waals surface area contributed by atoms with Crippen LogP contribution in [0.1, 0.15) is 29.1 Å². The molecule has 2 heterocycles. The topological polar surface area (TPSA) is 70.7 Å². The second kappa shape index (κ2) is 7.63. The van der Waals surface area contributed by atoms with Gasteiger partial charge in [0.2, 0.25) is 11.1 Å². The number of thiophene rings is 1. The summed E-state index contributed by atoms with van der Waals surface area (Å²) in [7, 11) is 0. The first-order valence-electron chi connectivity index (χ1n) is 8.62. The molecule has 0 radical (unpaired) electrons. The lowest BCUT2D eigenvalue weighted by Gasteiger charge is -2.16. The maximum absolute atomic E-state index is 12.2. The van der Waals surface area contributed by atoms with Gasteiger partial charge >= 0.3 is 0 Å². The molecule has 2 aromatic heterocycles. The van der Waals surface area contributed by atoms with Gasteiger partial charge in [-0.05, 0) is 29.9 Å². The number of hydrogen-bond donors (Lipinski definition) is 2. The molecule has 26 heavy (non-hydrogen) atoms. The summed E-state index contributed by atoms with van der Waals surface area (Å²) in [6, 6.07) is 14.5. The minimum absolute atomic E-state index is 0.0295. The van der Waals surface area contributed by atoms with E-state index in [4.69, 9.17) is 0 Å². The number of rotatable bonds is 8. The van der Waals surface area contributed by atoms with Gasteiger partial charge in [-0.1, -0.05) is 48.2 Å². The van der Waals surface area contributed by atoms with Gasteiger partial charge in [0.15, 0.2) is 0 Å². The lowest BCUT2D eigenvalue weighted by Crippen LogP contribution is -2.33. The summed E-state index contributed by atoms with van der Waals surface area (Å²) in [5.41, 5.74) is 1.46. The normalized spacial score (nSPS) is 14.9. The third-order valence-electron chi connectivity index (χ3n) is 4.63. The molecule has 1 aromatic carbocycles. The minimum atomic E-state index is 0.0295. The Bertz CT molecular complexity index is 857. The van der Waals surface area contributed by atoms with Crippen molar-refractivity contribution in [1.82, 2.24) is 20.5 Å². The molecular weight excluding hydrogens is 364 g/mol. The molecule has 0 saturated heterocycles. The Hall–Kier alpha value is -2.12. The van der Waals surface area contributed by atoms with E-state index in [9.17, 15) is 4.79 Å². The van der Waals surface area contributed by atoms with Crippen LogP contribution in [0.2, 0.25) is 0 Å². The van der Waals surface area contributed by atoms with Gasteiger partial charge in [0, 0.05) is 23.3 Å².